The summed E-state index contributed by atoms with van der Waals surface area (Å²) < 4.78 is 12.0. The molecule has 0 amide bonds. The van der Waals surface area contributed by atoms with Gasteiger partial charge in [0, 0.05) is 17.3 Å². The molecule has 0 aliphatic heterocycles. The van der Waals surface area contributed by atoms with Gasteiger partial charge in [0.1, 0.15) is 0 Å². The lowest BCUT2D eigenvalue weighted by Crippen LogP contribution is -2.33. The normalized spacial score (nSPS) is 30.4. The largest absolute Gasteiger partial charge is 0.466 e. The Morgan fingerprint density at radius 2 is 1.79 bits per heavy atom. The van der Waals surface area contributed by atoms with E-state index in [9.17, 15) is 14.4 Å². The number of benzene rings is 1. The maximum atomic E-state index is 13.4. The SMILES string of the molecule is CCOC(=O)[C@H]1C[C@@H]2[C@@H](OCc3ccccc3)C(C)(C)CC23CC(=O)C(C(=O)C(C)(C)C)=C13. The van der Waals surface area contributed by atoms with E-state index in [4.69, 9.17) is 9.47 Å². The summed E-state index contributed by atoms with van der Waals surface area (Å²) in [6.07, 6.45) is 1.45. The number of hydrogen-bond donors (Lipinski definition) is 0. The number of Topliss-reactive ketones (excluding diaryl/α,β-unsaturated/α-hetero) is 2. The summed E-state index contributed by atoms with van der Waals surface area (Å²) in [4.78, 5) is 39.9. The Balaban J connectivity index is 1.77. The first-order chi connectivity index (χ1) is 15.4. The number of hydrogen-bond acceptors (Lipinski definition) is 5. The van der Waals surface area contributed by atoms with Gasteiger partial charge >= 0.3 is 5.97 Å². The number of rotatable bonds is 6. The summed E-state index contributed by atoms with van der Waals surface area (Å²) in [5, 5.41) is 0. The third kappa shape index (κ3) is 3.88. The van der Waals surface area contributed by atoms with Crippen molar-refractivity contribution in [2.75, 3.05) is 6.61 Å². The molecule has 33 heavy (non-hydrogen) atoms. The third-order valence-corrected chi connectivity index (χ3v) is 7.77. The van der Waals surface area contributed by atoms with Crippen LogP contribution in [0.1, 0.15) is 66.4 Å². The van der Waals surface area contributed by atoms with E-state index in [-0.39, 0.29) is 53.6 Å². The van der Waals surface area contributed by atoms with Gasteiger partial charge in [0.2, 0.25) is 0 Å². The van der Waals surface area contributed by atoms with E-state index in [1.54, 1.807) is 6.92 Å². The molecule has 1 spiro atoms. The first-order valence-electron chi connectivity index (χ1n) is 12.1. The Kier molecular flexibility index (Phi) is 5.93. The van der Waals surface area contributed by atoms with Crippen LogP contribution in [0, 0.1) is 28.1 Å². The van der Waals surface area contributed by atoms with Gasteiger partial charge in [-0.1, -0.05) is 65.0 Å². The van der Waals surface area contributed by atoms with Crippen LogP contribution in [0.25, 0.3) is 0 Å². The molecule has 2 saturated carbocycles. The van der Waals surface area contributed by atoms with Gasteiger partial charge in [-0.25, -0.2) is 0 Å². The Morgan fingerprint density at radius 1 is 1.12 bits per heavy atom. The highest BCUT2D eigenvalue weighted by molar-refractivity contribution is 6.25. The maximum absolute atomic E-state index is 13.4. The summed E-state index contributed by atoms with van der Waals surface area (Å²) in [5.74, 6) is -1.17. The Morgan fingerprint density at radius 3 is 2.39 bits per heavy atom. The molecule has 4 atom stereocenters. The number of allylic oxidation sites excluding steroid dienone is 1. The number of ether oxygens (including phenoxy) is 2. The van der Waals surface area contributed by atoms with Gasteiger partial charge in [-0.3, -0.25) is 14.4 Å². The predicted octanol–water partition coefficient (Wildman–Crippen LogP) is 5.07. The molecule has 1 unspecified atom stereocenters. The van der Waals surface area contributed by atoms with Crippen molar-refractivity contribution in [2.24, 2.45) is 28.1 Å². The smallest absolute Gasteiger partial charge is 0.313 e. The minimum Gasteiger partial charge on any atom is -0.466 e. The summed E-state index contributed by atoms with van der Waals surface area (Å²) in [6.45, 7) is 12.4. The van der Waals surface area contributed by atoms with Crippen LogP contribution < -0.4 is 0 Å². The van der Waals surface area contributed by atoms with E-state index in [1.807, 2.05) is 51.1 Å². The number of carbonyl (C=O) groups excluding carboxylic acids is 3. The first kappa shape index (κ1) is 23.9. The van der Waals surface area contributed by atoms with Crippen LogP contribution in [0.3, 0.4) is 0 Å². The van der Waals surface area contributed by atoms with Crippen LogP contribution in [0.15, 0.2) is 41.5 Å². The summed E-state index contributed by atoms with van der Waals surface area (Å²) in [6, 6.07) is 10.0. The van der Waals surface area contributed by atoms with Crippen molar-refractivity contribution in [3.8, 4) is 0 Å². The first-order valence-corrected chi connectivity index (χ1v) is 12.1. The fourth-order valence-electron chi connectivity index (χ4n) is 6.66. The van der Waals surface area contributed by atoms with Gasteiger partial charge in [-0.15, -0.1) is 0 Å². The third-order valence-electron chi connectivity index (χ3n) is 7.77. The molecule has 1 aromatic carbocycles. The maximum Gasteiger partial charge on any atom is 0.313 e. The highest BCUT2D eigenvalue weighted by atomic mass is 16.5. The molecule has 0 radical (unpaired) electrons. The molecular formula is C28H36O5. The predicted molar refractivity (Wildman–Crippen MR) is 125 cm³/mol. The van der Waals surface area contributed by atoms with Crippen LogP contribution in [0.4, 0.5) is 0 Å². The second kappa shape index (κ2) is 8.19. The average Bonchev–Trinajstić information content (AvgIpc) is 3.24. The van der Waals surface area contributed by atoms with Gasteiger partial charge < -0.3 is 9.47 Å². The lowest BCUT2D eigenvalue weighted by molar-refractivity contribution is -0.147. The van der Waals surface area contributed by atoms with Gasteiger partial charge in [-0.2, -0.15) is 0 Å². The van der Waals surface area contributed by atoms with E-state index in [0.29, 0.717) is 13.0 Å². The zero-order valence-corrected chi connectivity index (χ0v) is 20.7. The molecule has 3 aliphatic rings. The molecule has 1 aromatic rings. The Labute approximate surface area is 196 Å². The zero-order chi connectivity index (χ0) is 24.2. The van der Waals surface area contributed by atoms with Crippen molar-refractivity contribution in [2.45, 2.75) is 73.5 Å². The summed E-state index contributed by atoms with van der Waals surface area (Å²) in [5.41, 5.74) is 0.715. The Hall–Kier alpha value is -2.27. The van der Waals surface area contributed by atoms with Crippen molar-refractivity contribution >= 4 is 17.5 Å². The van der Waals surface area contributed by atoms with Gasteiger partial charge in [0.25, 0.3) is 0 Å². The second-order valence-electron chi connectivity index (χ2n) is 11.7. The van der Waals surface area contributed by atoms with Crippen LogP contribution in [0.2, 0.25) is 0 Å². The summed E-state index contributed by atoms with van der Waals surface area (Å²) >= 11 is 0. The van der Waals surface area contributed by atoms with Crippen LogP contribution in [-0.4, -0.2) is 30.2 Å². The minimum atomic E-state index is -0.696. The molecule has 4 rings (SSSR count). The van der Waals surface area contributed by atoms with E-state index in [0.717, 1.165) is 17.6 Å². The highest BCUT2D eigenvalue weighted by Gasteiger charge is 2.69. The lowest BCUT2D eigenvalue weighted by atomic mass is 9.74. The molecule has 3 aliphatic carbocycles. The van der Waals surface area contributed by atoms with E-state index in [2.05, 4.69) is 13.8 Å². The molecule has 0 saturated heterocycles. The Bertz CT molecular complexity index is 997. The van der Waals surface area contributed by atoms with Crippen molar-refractivity contribution < 1.29 is 23.9 Å². The molecule has 0 heterocycles. The molecule has 2 fully saturated rings. The van der Waals surface area contributed by atoms with Crippen LogP contribution >= 0.6 is 0 Å². The fraction of sp³-hybridized carbons (Fsp3) is 0.607. The molecule has 0 aromatic heterocycles. The molecule has 5 heteroatoms. The van der Waals surface area contributed by atoms with E-state index < -0.39 is 16.7 Å². The van der Waals surface area contributed by atoms with Gasteiger partial charge in [0.05, 0.1) is 30.8 Å². The molecule has 0 N–H and O–H groups in total. The van der Waals surface area contributed by atoms with Gasteiger partial charge in [0.15, 0.2) is 11.6 Å². The van der Waals surface area contributed by atoms with Crippen molar-refractivity contribution in [3.63, 3.8) is 0 Å². The van der Waals surface area contributed by atoms with Gasteiger partial charge in [-0.05, 0) is 42.2 Å². The molecule has 178 valence electrons. The monoisotopic (exact) mass is 452 g/mol. The van der Waals surface area contributed by atoms with Crippen molar-refractivity contribution in [3.05, 3.63) is 47.0 Å². The quantitative estimate of drug-likeness (QED) is 0.445. The van der Waals surface area contributed by atoms with E-state index >= 15 is 0 Å². The zero-order valence-electron chi connectivity index (χ0n) is 20.7. The van der Waals surface area contributed by atoms with Crippen molar-refractivity contribution in [1.82, 2.24) is 0 Å². The van der Waals surface area contributed by atoms with E-state index in [1.165, 1.54) is 0 Å². The fourth-order valence-corrected chi connectivity index (χ4v) is 6.66. The summed E-state index contributed by atoms with van der Waals surface area (Å²) in [7, 11) is 0. The molecule has 5 nitrogen and oxygen atoms in total. The van der Waals surface area contributed by atoms with Crippen LogP contribution in [0.5, 0.6) is 0 Å². The number of carbonyl (C=O) groups is 3. The average molecular weight is 453 g/mol. The topological polar surface area (TPSA) is 69.7 Å². The molecular weight excluding hydrogens is 416 g/mol. The number of ketones is 2. The van der Waals surface area contributed by atoms with Crippen molar-refractivity contribution in [1.29, 1.82) is 0 Å². The lowest BCUT2D eigenvalue weighted by Gasteiger charge is -2.31. The molecule has 0 bridgehead atoms. The minimum absolute atomic E-state index is 0.00478. The second-order valence-corrected chi connectivity index (χ2v) is 11.7. The highest BCUT2D eigenvalue weighted by Crippen LogP contribution is 2.70. The number of esters is 1. The van der Waals surface area contributed by atoms with Crippen LogP contribution in [-0.2, 0) is 30.5 Å². The standard InChI is InChI=1S/C28H36O5/c1-7-32-25(31)18-13-19-24(33-15-17-11-9-8-10-12-17)27(5,6)16-28(19)14-20(29)21(22(18)28)23(30)26(2,3)4/h8-12,18-19,24H,7,13-16H2,1-6H3/t18-,19+,24+,28?/m0/s1.